The second kappa shape index (κ2) is 36.6. The summed E-state index contributed by atoms with van der Waals surface area (Å²) in [7, 11) is 0.653. The number of carbonyl (C=O) groups excluding carboxylic acids is 4. The van der Waals surface area contributed by atoms with E-state index in [4.69, 9.17) is 29.5 Å². The molecule has 4 aromatic rings. The molecule has 2 fully saturated rings. The van der Waals surface area contributed by atoms with Gasteiger partial charge in [-0.1, -0.05) is 55.7 Å². The molecule has 0 spiro atoms. The van der Waals surface area contributed by atoms with Gasteiger partial charge in [0, 0.05) is 81.7 Å². The van der Waals surface area contributed by atoms with Gasteiger partial charge in [0.05, 0.1) is 75.5 Å². The van der Waals surface area contributed by atoms with Crippen LogP contribution in [0, 0.1) is 0 Å². The van der Waals surface area contributed by atoms with Crippen molar-refractivity contribution in [2.75, 3.05) is 136 Å². The van der Waals surface area contributed by atoms with Gasteiger partial charge in [-0.3, -0.25) is 24.7 Å². The number of hydrazone groups is 1. The first-order chi connectivity index (χ1) is 41.6. The van der Waals surface area contributed by atoms with Crippen LogP contribution in [0.1, 0.15) is 61.4 Å². The summed E-state index contributed by atoms with van der Waals surface area (Å²) in [6, 6.07) is 19.4. The number of rotatable bonds is 39. The number of nitrogens with one attached hydrogen (secondary N) is 3. The number of aromatic nitrogens is 1. The number of aryl methyl sites for hydroxylation is 1. The largest absolute Gasteiger partial charge is 0.494 e. The van der Waals surface area contributed by atoms with Crippen LogP contribution in [0.25, 0.3) is 0 Å². The summed E-state index contributed by atoms with van der Waals surface area (Å²) in [5.74, 6) is 6.48. The molecule has 86 heavy (non-hydrogen) atoms. The average molecular weight is 1220 g/mol. The van der Waals surface area contributed by atoms with Gasteiger partial charge in [0.15, 0.2) is 15.0 Å². The van der Waals surface area contributed by atoms with E-state index in [2.05, 4.69) is 61.0 Å². The monoisotopic (exact) mass is 1220 g/mol. The zero-order valence-corrected chi connectivity index (χ0v) is 51.5. The number of nitrogens with two attached hydrogens (primary N) is 1. The number of hydrogen-bond donors (Lipinski definition) is 4. The predicted molar refractivity (Wildman–Crippen MR) is 337 cm³/mol. The van der Waals surface area contributed by atoms with Crippen LogP contribution in [0.3, 0.4) is 0 Å². The number of nitrogens with zero attached hydrogens (tertiary/aromatic N) is 7. The van der Waals surface area contributed by atoms with E-state index >= 15 is 0 Å². The van der Waals surface area contributed by atoms with E-state index in [-0.39, 0.29) is 48.0 Å². The highest BCUT2D eigenvalue weighted by atomic mass is 32.2. The van der Waals surface area contributed by atoms with Crippen molar-refractivity contribution in [2.24, 2.45) is 15.9 Å². The number of hydrogen-bond acceptors (Lipinski definition) is 18. The van der Waals surface area contributed by atoms with E-state index in [9.17, 15) is 27.6 Å². The molecule has 6 rings (SSSR count). The highest BCUT2D eigenvalue weighted by Gasteiger charge is 2.41. The molecule has 1 aliphatic carbocycles. The number of amides is 5. The normalized spacial score (nSPS) is 14.4. The van der Waals surface area contributed by atoms with Gasteiger partial charge < -0.3 is 59.8 Å². The fourth-order valence-corrected chi connectivity index (χ4v) is 10.3. The molecule has 0 radical (unpaired) electrons. The fraction of sp³-hybridized carbons (Fsp3) is 0.468. The first-order valence-corrected chi connectivity index (χ1v) is 31.8. The zero-order valence-electron chi connectivity index (χ0n) is 49.9. The lowest BCUT2D eigenvalue weighted by atomic mass is 10.0. The number of ether oxygens (including phenoxy) is 5. The molecule has 0 bridgehead atoms. The SMILES string of the molecule is C=C/C=C(\C=C)CNC(=O)C(c1ccc(S(C)(=O)=O)cc1)N(C(=O)CCc1ccc(OCCCCN(C)CCOCCOCC/C(C=NCCOCCOc2ccc(NC(=O)Nc3nc(CC(=O)N4CCN(C)CC4)cs3)cc2)=N/N)cc1)C1CC1. The van der Waals surface area contributed by atoms with Crippen molar-refractivity contribution in [3.05, 3.63) is 132 Å². The van der Waals surface area contributed by atoms with Gasteiger partial charge in [-0.15, -0.1) is 11.3 Å². The van der Waals surface area contributed by atoms with Crippen molar-refractivity contribution in [1.82, 2.24) is 29.9 Å². The van der Waals surface area contributed by atoms with Crippen LogP contribution in [-0.2, 0) is 51.3 Å². The van der Waals surface area contributed by atoms with Crippen molar-refractivity contribution in [3.63, 3.8) is 0 Å². The number of anilines is 2. The third-order valence-corrected chi connectivity index (χ3v) is 16.0. The second-order valence-electron chi connectivity index (χ2n) is 20.9. The molecule has 2 aliphatic rings. The highest BCUT2D eigenvalue weighted by Crippen LogP contribution is 2.36. The molecule has 3 aromatic carbocycles. The van der Waals surface area contributed by atoms with E-state index in [0.717, 1.165) is 75.0 Å². The van der Waals surface area contributed by atoms with E-state index in [1.54, 1.807) is 71.1 Å². The molecule has 2 heterocycles. The van der Waals surface area contributed by atoms with Gasteiger partial charge in [-0.25, -0.2) is 18.2 Å². The van der Waals surface area contributed by atoms with E-state index < -0.39 is 21.9 Å². The Bertz CT molecular complexity index is 2980. The molecule has 1 unspecified atom stereocenters. The molecular weight excluding hydrogens is 1140 g/mol. The molecule has 5 N–H and O–H groups in total. The van der Waals surface area contributed by atoms with Gasteiger partial charge in [0.25, 0.3) is 0 Å². The van der Waals surface area contributed by atoms with Crippen LogP contribution in [0.2, 0.25) is 0 Å². The standard InChI is InChI=1S/C62H85N11O11S2/c1-6-10-47(7-2)44-65-60(76)59(49-14-24-56(25-15-49)86(5,78)79)73(53-18-19-53)57(74)26-13-48-11-20-54(21-12-48)83-35-9-8-29-70(3)34-38-82-40-39-80-36-27-51(69-63)45-64-28-37-81-41-42-84-55-22-16-50(17-23-55)66-61(77)68-62-67-52(46-85-62)43-58(75)72-32-30-71(4)31-33-72/h6-7,10-12,14-17,20-25,45-46,53,59H,1-2,8-9,13,18-19,26-44,63H2,3-5H3,(H,65,76)(H2,66,67,68,77)/b47-10+,64-45?,69-51-. The van der Waals surface area contributed by atoms with Gasteiger partial charge in [0.1, 0.15) is 24.1 Å². The van der Waals surface area contributed by atoms with E-state index in [0.29, 0.717) is 119 Å². The number of unbranched alkanes of at least 4 members (excludes halogenated alkanes) is 1. The number of sulfone groups is 1. The van der Waals surface area contributed by atoms with Crippen molar-refractivity contribution in [3.8, 4) is 11.5 Å². The first kappa shape index (κ1) is 67.8. The Morgan fingerprint density at radius 3 is 2.17 bits per heavy atom. The van der Waals surface area contributed by atoms with Gasteiger partial charge in [-0.05, 0) is 118 Å². The Morgan fingerprint density at radius 1 is 0.826 bits per heavy atom. The quantitative estimate of drug-likeness (QED) is 0.0121. The minimum atomic E-state index is -3.46. The van der Waals surface area contributed by atoms with Gasteiger partial charge in [-0.2, -0.15) is 5.10 Å². The smallest absolute Gasteiger partial charge is 0.325 e. The Hall–Kier alpha value is -7.32. The average Bonchev–Trinajstić information content (AvgIpc) is 2.84. The maximum absolute atomic E-state index is 14.0. The Balaban J connectivity index is 0.746. The molecule has 24 heteroatoms. The third kappa shape index (κ3) is 24.6. The van der Waals surface area contributed by atoms with Crippen molar-refractivity contribution < 1.29 is 51.3 Å². The van der Waals surface area contributed by atoms with Crippen LogP contribution in [0.5, 0.6) is 11.5 Å². The molecule has 22 nitrogen and oxygen atoms in total. The summed E-state index contributed by atoms with van der Waals surface area (Å²) in [6.45, 7) is 16.6. The summed E-state index contributed by atoms with van der Waals surface area (Å²) >= 11 is 1.27. The van der Waals surface area contributed by atoms with Crippen LogP contribution in [0.4, 0.5) is 15.6 Å². The molecule has 1 saturated carbocycles. The summed E-state index contributed by atoms with van der Waals surface area (Å²) in [5.41, 5.74) is 4.09. The number of aliphatic imine (C=N–C) groups is 1. The molecule has 1 aromatic heterocycles. The molecular formula is C62H85N11O11S2. The lowest BCUT2D eigenvalue weighted by Crippen LogP contribution is -2.47. The Morgan fingerprint density at radius 2 is 1.50 bits per heavy atom. The van der Waals surface area contributed by atoms with E-state index in [1.165, 1.54) is 23.5 Å². The number of thiazole rings is 1. The van der Waals surface area contributed by atoms with E-state index in [1.807, 2.05) is 36.2 Å². The lowest BCUT2D eigenvalue weighted by Gasteiger charge is -2.32. The zero-order chi connectivity index (χ0) is 61.5. The molecule has 1 aliphatic heterocycles. The molecule has 1 saturated heterocycles. The summed E-state index contributed by atoms with van der Waals surface area (Å²) in [5, 5.41) is 14.5. The Labute approximate surface area is 510 Å². The van der Waals surface area contributed by atoms with Crippen molar-refractivity contribution in [1.29, 1.82) is 0 Å². The summed E-state index contributed by atoms with van der Waals surface area (Å²) < 4.78 is 53.3. The Kier molecular flexibility index (Phi) is 28.9. The topological polar surface area (TPSA) is 261 Å². The number of urea groups is 1. The number of piperazine rings is 1. The number of likely N-dealkylation sites (N-methyl/N-ethyl adjacent to an activating group) is 2. The number of allylic oxidation sites excluding steroid dienone is 2. The predicted octanol–water partition coefficient (Wildman–Crippen LogP) is 6.58. The minimum Gasteiger partial charge on any atom is -0.494 e. The molecule has 466 valence electrons. The molecule has 1 atom stereocenters. The van der Waals surface area contributed by atoms with Crippen LogP contribution < -0.4 is 31.3 Å². The minimum absolute atomic E-state index is 0.0394. The third-order valence-electron chi connectivity index (χ3n) is 14.0. The number of benzene rings is 3. The molecule has 5 amide bonds. The first-order valence-electron chi connectivity index (χ1n) is 29.1. The van der Waals surface area contributed by atoms with Crippen LogP contribution in [0.15, 0.2) is 130 Å². The highest BCUT2D eigenvalue weighted by molar-refractivity contribution is 7.90. The lowest BCUT2D eigenvalue weighted by molar-refractivity contribution is -0.141. The second-order valence-corrected chi connectivity index (χ2v) is 23.8. The summed E-state index contributed by atoms with van der Waals surface area (Å²) in [4.78, 5) is 69.9. The maximum Gasteiger partial charge on any atom is 0.325 e. The fourth-order valence-electron chi connectivity index (χ4n) is 8.95. The number of carbonyl (C=O) groups is 4. The van der Waals surface area contributed by atoms with Crippen molar-refractivity contribution >= 4 is 67.7 Å². The van der Waals surface area contributed by atoms with Crippen molar-refractivity contribution in [2.45, 2.75) is 68.3 Å². The van der Waals surface area contributed by atoms with Gasteiger partial charge >= 0.3 is 6.03 Å². The van der Waals surface area contributed by atoms with Crippen LogP contribution >= 0.6 is 11.3 Å². The maximum atomic E-state index is 14.0. The summed E-state index contributed by atoms with van der Waals surface area (Å²) in [6.07, 6.45) is 12.5. The van der Waals surface area contributed by atoms with Crippen LogP contribution in [-0.4, -0.2) is 200 Å². The van der Waals surface area contributed by atoms with Gasteiger partial charge in [0.2, 0.25) is 17.7 Å².